The second kappa shape index (κ2) is 15.1. The molecule has 0 aromatic heterocycles. The molecule has 0 aliphatic heterocycles. The zero-order chi connectivity index (χ0) is 38.2. The summed E-state index contributed by atoms with van der Waals surface area (Å²) < 4.78 is 12.3. The average molecular weight is 751 g/mol. The van der Waals surface area contributed by atoms with Crippen LogP contribution in [0, 0.1) is 47.5 Å². The highest BCUT2D eigenvalue weighted by atomic mass is 31.2. The molecule has 0 saturated heterocycles. The molecule has 272 valence electrons. The van der Waals surface area contributed by atoms with Crippen molar-refractivity contribution in [1.82, 2.24) is 0 Å². The van der Waals surface area contributed by atoms with Gasteiger partial charge in [0.1, 0.15) is 0 Å². The van der Waals surface area contributed by atoms with Crippen molar-refractivity contribution in [1.29, 1.82) is 0 Å². The molecule has 0 N–H and O–H groups in total. The molecule has 55 heavy (non-hydrogen) atoms. The standard InChI is InChI=1S/C51H48N2P2/c1-36-31-38(3)50(39(4)32-36)52-54(42-21-11-7-12-22-42,43-23-13-8-14-24-43)48-35-49(47-30-20-19-29-46(47)48)55(44-25-15-9-16-26-44,45-27-17-10-18-28-45)53-51-40(5)33-37(2)34-41(51)6/h7-35,46H,1-6H3. The Bertz CT molecular complexity index is 2510. The molecular formula is C51H48N2P2. The van der Waals surface area contributed by atoms with Crippen LogP contribution >= 0.6 is 14.1 Å². The minimum atomic E-state index is -2.71. The minimum absolute atomic E-state index is 0.0192. The quantitative estimate of drug-likeness (QED) is 0.138. The van der Waals surface area contributed by atoms with E-state index < -0.39 is 14.1 Å². The van der Waals surface area contributed by atoms with Crippen LogP contribution in [0.4, 0.5) is 11.4 Å². The molecule has 4 heteroatoms. The fraction of sp³-hybridized carbons (Fsp3) is 0.137. The Morgan fingerprint density at radius 2 is 0.800 bits per heavy atom. The third-order valence-electron chi connectivity index (χ3n) is 10.9. The van der Waals surface area contributed by atoms with E-state index in [9.17, 15) is 0 Å². The third kappa shape index (κ3) is 6.53. The molecule has 8 rings (SSSR count). The molecule has 0 radical (unpaired) electrons. The van der Waals surface area contributed by atoms with Gasteiger partial charge in [0.25, 0.3) is 0 Å². The first-order valence-corrected chi connectivity index (χ1v) is 22.7. The summed E-state index contributed by atoms with van der Waals surface area (Å²) in [5.41, 5.74) is 10.8. The Hall–Kier alpha value is -5.26. The van der Waals surface area contributed by atoms with E-state index in [1.54, 1.807) is 0 Å². The van der Waals surface area contributed by atoms with Crippen LogP contribution in [0.15, 0.2) is 202 Å². The van der Waals surface area contributed by atoms with Gasteiger partial charge in [0, 0.05) is 32.5 Å². The van der Waals surface area contributed by atoms with Crippen molar-refractivity contribution in [3.63, 3.8) is 0 Å². The van der Waals surface area contributed by atoms with Gasteiger partial charge in [0.15, 0.2) is 0 Å². The number of aryl methyl sites for hydroxylation is 6. The van der Waals surface area contributed by atoms with Gasteiger partial charge in [-0.05, 0) is 80.8 Å². The van der Waals surface area contributed by atoms with E-state index in [1.165, 1.54) is 70.8 Å². The van der Waals surface area contributed by atoms with Gasteiger partial charge >= 0.3 is 0 Å². The monoisotopic (exact) mass is 750 g/mol. The van der Waals surface area contributed by atoms with Crippen LogP contribution in [0.25, 0.3) is 0 Å². The highest BCUT2D eigenvalue weighted by Gasteiger charge is 2.43. The second-order valence-electron chi connectivity index (χ2n) is 14.9. The van der Waals surface area contributed by atoms with Gasteiger partial charge in [-0.1, -0.05) is 181 Å². The summed E-state index contributed by atoms with van der Waals surface area (Å²) in [7, 11) is -5.40. The molecule has 0 saturated carbocycles. The maximum atomic E-state index is 6.17. The van der Waals surface area contributed by atoms with E-state index in [2.05, 4.69) is 218 Å². The highest BCUT2D eigenvalue weighted by molar-refractivity contribution is 7.86. The van der Waals surface area contributed by atoms with Crippen LogP contribution in [0.2, 0.25) is 0 Å². The molecule has 0 amide bonds. The number of nitrogens with zero attached hydrogens (tertiary/aromatic N) is 2. The topological polar surface area (TPSA) is 24.7 Å². The van der Waals surface area contributed by atoms with Crippen molar-refractivity contribution in [2.24, 2.45) is 15.4 Å². The number of rotatable bonds is 8. The fourth-order valence-electron chi connectivity index (χ4n) is 8.68. The Morgan fingerprint density at radius 1 is 0.436 bits per heavy atom. The average Bonchev–Trinajstić information content (AvgIpc) is 3.59. The molecule has 1 unspecified atom stereocenters. The van der Waals surface area contributed by atoms with Crippen LogP contribution < -0.4 is 21.2 Å². The van der Waals surface area contributed by atoms with Crippen LogP contribution in [-0.2, 0) is 0 Å². The van der Waals surface area contributed by atoms with E-state index >= 15 is 0 Å². The summed E-state index contributed by atoms with van der Waals surface area (Å²) in [6.45, 7) is 13.2. The van der Waals surface area contributed by atoms with E-state index in [1.807, 2.05) is 0 Å². The second-order valence-corrected chi connectivity index (χ2v) is 20.9. The van der Waals surface area contributed by atoms with Crippen LogP contribution in [-0.4, -0.2) is 0 Å². The minimum Gasteiger partial charge on any atom is -0.254 e. The van der Waals surface area contributed by atoms with Crippen molar-refractivity contribution in [2.75, 3.05) is 0 Å². The molecule has 0 heterocycles. The van der Waals surface area contributed by atoms with E-state index in [0.29, 0.717) is 0 Å². The molecule has 2 aliphatic rings. The Morgan fingerprint density at radius 3 is 1.20 bits per heavy atom. The van der Waals surface area contributed by atoms with Crippen molar-refractivity contribution in [2.45, 2.75) is 41.5 Å². The Labute approximate surface area is 327 Å². The number of hydrogen-bond acceptors (Lipinski definition) is 2. The van der Waals surface area contributed by atoms with Crippen molar-refractivity contribution in [3.8, 4) is 0 Å². The zero-order valence-corrected chi connectivity index (χ0v) is 34.4. The zero-order valence-electron chi connectivity index (χ0n) is 32.6. The molecular weight excluding hydrogens is 703 g/mol. The maximum absolute atomic E-state index is 6.17. The summed E-state index contributed by atoms with van der Waals surface area (Å²) in [4.78, 5) is 0. The number of benzene rings is 6. The summed E-state index contributed by atoms with van der Waals surface area (Å²) in [5.74, 6) is 0.0192. The largest absolute Gasteiger partial charge is 0.254 e. The summed E-state index contributed by atoms with van der Waals surface area (Å²) in [6.07, 6.45) is 11.8. The lowest BCUT2D eigenvalue weighted by Gasteiger charge is -2.32. The number of fused-ring (bicyclic) bond motifs is 1. The van der Waals surface area contributed by atoms with Crippen molar-refractivity contribution in [3.05, 3.63) is 226 Å². The van der Waals surface area contributed by atoms with E-state index in [4.69, 9.17) is 9.49 Å². The Balaban J connectivity index is 1.57. The maximum Gasteiger partial charge on any atom is 0.0683 e. The van der Waals surface area contributed by atoms with Gasteiger partial charge in [-0.25, -0.2) is 0 Å². The number of hydrogen-bond donors (Lipinski definition) is 0. The SMILES string of the molecule is Cc1cc(C)c(N=P(C2=CC(P(=Nc3c(C)cc(C)cc3C)(c3ccccc3)c3ccccc3)=C3C=CC=CC23)(c2ccccc2)c2ccccc2)c(C)c1. The van der Waals surface area contributed by atoms with Gasteiger partial charge in [-0.2, -0.15) is 0 Å². The molecule has 6 aromatic rings. The number of allylic oxidation sites excluding steroid dienone is 8. The van der Waals surface area contributed by atoms with Crippen LogP contribution in [0.1, 0.15) is 33.4 Å². The molecule has 2 aliphatic carbocycles. The van der Waals surface area contributed by atoms with Crippen LogP contribution in [0.5, 0.6) is 0 Å². The lowest BCUT2D eigenvalue weighted by molar-refractivity contribution is 0.994. The molecule has 0 bridgehead atoms. The first-order valence-electron chi connectivity index (χ1n) is 19.2. The predicted molar refractivity (Wildman–Crippen MR) is 241 cm³/mol. The summed E-state index contributed by atoms with van der Waals surface area (Å²) in [5, 5.41) is 7.63. The summed E-state index contributed by atoms with van der Waals surface area (Å²) in [6, 6.07) is 53.5. The fourth-order valence-corrected chi connectivity index (χ4v) is 16.7. The molecule has 0 fully saturated rings. The molecule has 6 aromatic carbocycles. The predicted octanol–water partition coefficient (Wildman–Crippen LogP) is 13.1. The van der Waals surface area contributed by atoms with E-state index in [-0.39, 0.29) is 5.92 Å². The highest BCUT2D eigenvalue weighted by Crippen LogP contribution is 2.70. The lowest BCUT2D eigenvalue weighted by atomic mass is 9.98. The first-order chi connectivity index (χ1) is 26.7. The summed E-state index contributed by atoms with van der Waals surface area (Å²) >= 11 is 0. The van der Waals surface area contributed by atoms with Gasteiger partial charge < -0.3 is 0 Å². The lowest BCUT2D eigenvalue weighted by Crippen LogP contribution is -2.20. The van der Waals surface area contributed by atoms with Gasteiger partial charge in [0.05, 0.1) is 25.5 Å². The smallest absolute Gasteiger partial charge is 0.0683 e. The van der Waals surface area contributed by atoms with Gasteiger partial charge in [-0.3, -0.25) is 9.49 Å². The van der Waals surface area contributed by atoms with Gasteiger partial charge in [-0.15, -0.1) is 0 Å². The third-order valence-corrected chi connectivity index (χ3v) is 18.4. The Kier molecular flexibility index (Phi) is 10.1. The van der Waals surface area contributed by atoms with Gasteiger partial charge in [0.2, 0.25) is 0 Å². The first kappa shape index (κ1) is 36.7. The molecule has 1 atom stereocenters. The van der Waals surface area contributed by atoms with Crippen molar-refractivity contribution >= 4 is 46.7 Å². The molecule has 0 spiro atoms. The molecule has 2 nitrogen and oxygen atoms in total. The van der Waals surface area contributed by atoms with Crippen LogP contribution in [0.3, 0.4) is 0 Å². The normalized spacial score (nSPS) is 15.2. The van der Waals surface area contributed by atoms with Crippen molar-refractivity contribution < 1.29 is 0 Å². The van der Waals surface area contributed by atoms with E-state index in [0.717, 1.165) is 11.4 Å².